The number of alkyl halides is 2. The van der Waals surface area contributed by atoms with Crippen LogP contribution in [0.2, 0.25) is 5.02 Å². The Kier molecular flexibility index (Phi) is 4.23. The Bertz CT molecular complexity index is 531. The molecule has 1 fully saturated rings. The van der Waals surface area contributed by atoms with Gasteiger partial charge in [0.25, 0.3) is 0 Å². The lowest BCUT2D eigenvalue weighted by atomic mass is 10.2. The summed E-state index contributed by atoms with van der Waals surface area (Å²) >= 11 is 17.6. The molecule has 1 atom stereocenters. The van der Waals surface area contributed by atoms with E-state index in [1.165, 1.54) is 0 Å². The number of halogens is 3. The van der Waals surface area contributed by atoms with Gasteiger partial charge < -0.3 is 10.6 Å². The van der Waals surface area contributed by atoms with Crippen molar-refractivity contribution >= 4 is 46.6 Å². The van der Waals surface area contributed by atoms with Crippen molar-refractivity contribution < 1.29 is 9.63 Å². The highest BCUT2D eigenvalue weighted by Crippen LogP contribution is 2.54. The van der Waals surface area contributed by atoms with E-state index in [2.05, 4.69) is 5.16 Å². The Hall–Kier alpha value is -0.970. The van der Waals surface area contributed by atoms with Crippen LogP contribution >= 0.6 is 34.8 Å². The highest BCUT2D eigenvalue weighted by Gasteiger charge is 2.51. The summed E-state index contributed by atoms with van der Waals surface area (Å²) in [6.45, 7) is 0. The van der Waals surface area contributed by atoms with E-state index >= 15 is 0 Å². The fraction of sp³-hybridized carbons (Fsp3) is 0.333. The molecule has 0 saturated heterocycles. The topological polar surface area (TPSA) is 64.7 Å². The van der Waals surface area contributed by atoms with Gasteiger partial charge in [0.2, 0.25) is 0 Å². The molecule has 0 unspecified atom stereocenters. The number of hydrogen-bond donors (Lipinski definition) is 1. The minimum atomic E-state index is -0.729. The van der Waals surface area contributed by atoms with Gasteiger partial charge in [-0.15, -0.1) is 23.2 Å². The molecule has 1 aromatic carbocycles. The molecule has 0 radical (unpaired) electrons. The first-order valence-electron chi connectivity index (χ1n) is 5.56. The van der Waals surface area contributed by atoms with E-state index < -0.39 is 10.3 Å². The van der Waals surface area contributed by atoms with Gasteiger partial charge in [-0.3, -0.25) is 0 Å². The zero-order valence-electron chi connectivity index (χ0n) is 9.78. The normalized spacial score (nSPS) is 21.0. The standard InChI is InChI=1S/C12H11Cl3N2O2/c13-9-4-2-1-3-8(9)11(18)19-17-10(16)5-7-6-12(7,14)15/h1-4,7H,5-6H2,(H2,16,17)/t7-/m0/s1. The van der Waals surface area contributed by atoms with Gasteiger partial charge in [-0.2, -0.15) is 0 Å². The lowest BCUT2D eigenvalue weighted by Gasteiger charge is -2.02. The molecule has 19 heavy (non-hydrogen) atoms. The number of hydrogen-bond acceptors (Lipinski definition) is 3. The zero-order valence-corrected chi connectivity index (χ0v) is 12.0. The van der Waals surface area contributed by atoms with Crippen LogP contribution in [0.4, 0.5) is 0 Å². The second-order valence-electron chi connectivity index (χ2n) is 4.31. The number of nitrogens with zero attached hydrogens (tertiary/aromatic N) is 1. The molecule has 0 aromatic heterocycles. The molecule has 2 N–H and O–H groups in total. The summed E-state index contributed by atoms with van der Waals surface area (Å²) in [5, 5.41) is 3.85. The Morgan fingerprint density at radius 3 is 2.68 bits per heavy atom. The molecule has 1 aliphatic carbocycles. The summed E-state index contributed by atoms with van der Waals surface area (Å²) < 4.78 is -0.729. The summed E-state index contributed by atoms with van der Waals surface area (Å²) in [5.74, 6) is -0.431. The van der Waals surface area contributed by atoms with Crippen LogP contribution in [0.15, 0.2) is 29.4 Å². The molecule has 0 spiro atoms. The van der Waals surface area contributed by atoms with E-state index in [4.69, 9.17) is 45.4 Å². The third-order valence-electron chi connectivity index (χ3n) is 2.75. The van der Waals surface area contributed by atoms with Crippen LogP contribution in [-0.4, -0.2) is 16.1 Å². The predicted molar refractivity (Wildman–Crippen MR) is 75.7 cm³/mol. The van der Waals surface area contributed by atoms with Crippen molar-refractivity contribution in [1.82, 2.24) is 0 Å². The molecule has 0 bridgehead atoms. The maximum Gasteiger partial charge on any atom is 0.367 e. The van der Waals surface area contributed by atoms with Gasteiger partial charge in [-0.05, 0) is 18.6 Å². The van der Waals surface area contributed by atoms with Gasteiger partial charge in [0.15, 0.2) is 0 Å². The molecule has 7 heteroatoms. The average molecular weight is 322 g/mol. The van der Waals surface area contributed by atoms with Gasteiger partial charge in [0.05, 0.1) is 10.6 Å². The maximum absolute atomic E-state index is 11.7. The second-order valence-corrected chi connectivity index (χ2v) is 6.26. The monoisotopic (exact) mass is 320 g/mol. The molecule has 4 nitrogen and oxygen atoms in total. The van der Waals surface area contributed by atoms with Crippen LogP contribution < -0.4 is 5.73 Å². The van der Waals surface area contributed by atoms with Gasteiger partial charge in [0.1, 0.15) is 10.2 Å². The van der Waals surface area contributed by atoms with Gasteiger partial charge in [-0.1, -0.05) is 28.9 Å². The molecule has 1 aromatic rings. The minimum Gasteiger partial charge on any atom is -0.384 e. The quantitative estimate of drug-likeness (QED) is 0.304. The van der Waals surface area contributed by atoms with E-state index in [0.717, 1.165) is 0 Å². The van der Waals surface area contributed by atoms with Crippen LogP contribution in [0.1, 0.15) is 23.2 Å². The van der Waals surface area contributed by atoms with Crippen molar-refractivity contribution in [3.63, 3.8) is 0 Å². The first-order valence-corrected chi connectivity index (χ1v) is 6.69. The van der Waals surface area contributed by atoms with Crippen LogP contribution in [-0.2, 0) is 4.84 Å². The summed E-state index contributed by atoms with van der Waals surface area (Å²) in [6.07, 6.45) is 1.05. The van der Waals surface area contributed by atoms with Crippen molar-refractivity contribution in [3.8, 4) is 0 Å². The minimum absolute atomic E-state index is 0.0543. The number of amidine groups is 1. The van der Waals surface area contributed by atoms with E-state index in [1.807, 2.05) is 0 Å². The fourth-order valence-corrected chi connectivity index (χ4v) is 2.30. The molecular weight excluding hydrogens is 311 g/mol. The number of carbonyl (C=O) groups is 1. The second kappa shape index (κ2) is 5.57. The molecule has 102 valence electrons. The number of benzene rings is 1. The molecular formula is C12H11Cl3N2O2. The van der Waals surface area contributed by atoms with Crippen molar-refractivity contribution in [2.45, 2.75) is 17.2 Å². The van der Waals surface area contributed by atoms with Crippen molar-refractivity contribution in [2.75, 3.05) is 0 Å². The van der Waals surface area contributed by atoms with Crippen molar-refractivity contribution in [2.24, 2.45) is 16.8 Å². The van der Waals surface area contributed by atoms with E-state index in [9.17, 15) is 4.79 Å². The Morgan fingerprint density at radius 2 is 2.11 bits per heavy atom. The maximum atomic E-state index is 11.7. The third-order valence-corrected chi connectivity index (χ3v) is 4.01. The SMILES string of the molecule is N/C(C[C@H]1CC1(Cl)Cl)=N/OC(=O)c1ccccc1Cl. The van der Waals surface area contributed by atoms with Crippen LogP contribution in [0.3, 0.4) is 0 Å². The Balaban J connectivity index is 1.91. The number of nitrogens with two attached hydrogens (primary N) is 1. The van der Waals surface area contributed by atoms with Gasteiger partial charge >= 0.3 is 5.97 Å². The molecule has 0 amide bonds. The average Bonchev–Trinajstić information content (AvgIpc) is 2.94. The van der Waals surface area contributed by atoms with Crippen molar-refractivity contribution in [3.05, 3.63) is 34.9 Å². The highest BCUT2D eigenvalue weighted by atomic mass is 35.5. The van der Waals surface area contributed by atoms with Gasteiger partial charge in [0, 0.05) is 12.3 Å². The zero-order chi connectivity index (χ0) is 14.0. The summed E-state index contributed by atoms with van der Waals surface area (Å²) in [7, 11) is 0. The Labute approximate surface area is 125 Å². The van der Waals surface area contributed by atoms with Crippen molar-refractivity contribution in [1.29, 1.82) is 0 Å². The summed E-state index contributed by atoms with van der Waals surface area (Å²) in [4.78, 5) is 16.4. The lowest BCUT2D eigenvalue weighted by molar-refractivity contribution is 0.0514. The molecule has 0 heterocycles. The molecule has 0 aliphatic heterocycles. The molecule has 1 saturated carbocycles. The highest BCUT2D eigenvalue weighted by molar-refractivity contribution is 6.51. The first-order chi connectivity index (χ1) is 8.90. The molecule has 1 aliphatic rings. The predicted octanol–water partition coefficient (Wildman–Crippen LogP) is 3.35. The first kappa shape index (κ1) is 14.4. The number of carbonyl (C=O) groups excluding carboxylic acids is 1. The van der Waals surface area contributed by atoms with Gasteiger partial charge in [-0.25, -0.2) is 4.79 Å². The van der Waals surface area contributed by atoms with E-state index in [1.54, 1.807) is 24.3 Å². The number of rotatable bonds is 4. The lowest BCUT2D eigenvalue weighted by Crippen LogP contribution is -2.15. The van der Waals surface area contributed by atoms with Crippen LogP contribution in [0, 0.1) is 5.92 Å². The third kappa shape index (κ3) is 3.75. The summed E-state index contributed by atoms with van der Waals surface area (Å²) in [5.41, 5.74) is 5.86. The van der Waals surface area contributed by atoms with E-state index in [-0.39, 0.29) is 17.3 Å². The van der Waals surface area contributed by atoms with Crippen LogP contribution in [0.25, 0.3) is 0 Å². The Morgan fingerprint density at radius 1 is 1.47 bits per heavy atom. The number of oxime groups is 1. The van der Waals surface area contributed by atoms with Crippen LogP contribution in [0.5, 0.6) is 0 Å². The smallest absolute Gasteiger partial charge is 0.367 e. The van der Waals surface area contributed by atoms with E-state index in [0.29, 0.717) is 17.9 Å². The largest absolute Gasteiger partial charge is 0.384 e. The molecule has 2 rings (SSSR count). The fourth-order valence-electron chi connectivity index (χ4n) is 1.56. The summed E-state index contributed by atoms with van der Waals surface area (Å²) in [6, 6.07) is 6.52.